The summed E-state index contributed by atoms with van der Waals surface area (Å²) in [5.74, 6) is 0. The van der Waals surface area contributed by atoms with Crippen molar-refractivity contribution < 1.29 is 0 Å². The summed E-state index contributed by atoms with van der Waals surface area (Å²) in [4.78, 5) is 0. The highest BCUT2D eigenvalue weighted by molar-refractivity contribution is 6.01. The fraction of sp³-hybridized carbons (Fsp3) is 0.231. The molecule has 0 atom stereocenters. The zero-order valence-electron chi connectivity index (χ0n) is 10.7. The minimum Gasteiger partial charge on any atom is -0.398 e. The van der Waals surface area contributed by atoms with E-state index in [1.807, 2.05) is 43.8 Å². The fourth-order valence-corrected chi connectivity index (χ4v) is 2.40. The van der Waals surface area contributed by atoms with Gasteiger partial charge in [0.05, 0.1) is 16.6 Å². The molecule has 5 heteroatoms. The van der Waals surface area contributed by atoms with Crippen LogP contribution in [-0.2, 0) is 7.05 Å². The number of nitrogens with two attached hydrogens (primary N) is 1. The fourth-order valence-electron chi connectivity index (χ4n) is 2.40. The average molecular weight is 241 g/mol. The Balaban J connectivity index is 2.39. The van der Waals surface area contributed by atoms with Crippen molar-refractivity contribution in [1.82, 2.24) is 20.0 Å². The van der Waals surface area contributed by atoms with Crippen LogP contribution in [0.2, 0.25) is 0 Å². The molecule has 3 aromatic rings. The van der Waals surface area contributed by atoms with E-state index < -0.39 is 0 Å². The van der Waals surface area contributed by atoms with Gasteiger partial charge in [-0.25, -0.2) is 0 Å². The van der Waals surface area contributed by atoms with E-state index in [9.17, 15) is 0 Å². The Hall–Kier alpha value is -2.30. The maximum Gasteiger partial charge on any atom is 0.106 e. The number of H-pyrrole nitrogens is 1. The van der Waals surface area contributed by atoms with Gasteiger partial charge in [0.1, 0.15) is 5.69 Å². The Morgan fingerprint density at radius 1 is 1.28 bits per heavy atom. The summed E-state index contributed by atoms with van der Waals surface area (Å²) < 4.78 is 1.87. The van der Waals surface area contributed by atoms with Crippen molar-refractivity contribution in [2.45, 2.75) is 13.8 Å². The smallest absolute Gasteiger partial charge is 0.106 e. The Morgan fingerprint density at radius 3 is 2.72 bits per heavy atom. The normalized spacial score (nSPS) is 11.3. The number of aryl methyl sites for hydroxylation is 2. The van der Waals surface area contributed by atoms with Crippen LogP contribution in [0, 0.1) is 13.8 Å². The van der Waals surface area contributed by atoms with Gasteiger partial charge >= 0.3 is 0 Å². The highest BCUT2D eigenvalue weighted by atomic mass is 15.3. The van der Waals surface area contributed by atoms with Crippen molar-refractivity contribution >= 4 is 16.6 Å². The lowest BCUT2D eigenvalue weighted by molar-refractivity contribution is 0.731. The highest BCUT2D eigenvalue weighted by Gasteiger charge is 2.18. The molecule has 0 saturated carbocycles. The van der Waals surface area contributed by atoms with Gasteiger partial charge in [-0.05, 0) is 26.0 Å². The van der Waals surface area contributed by atoms with Crippen LogP contribution in [-0.4, -0.2) is 20.0 Å². The van der Waals surface area contributed by atoms with Crippen molar-refractivity contribution in [2.75, 3.05) is 5.73 Å². The number of hydrogen-bond donors (Lipinski definition) is 2. The minimum absolute atomic E-state index is 0.735. The maximum atomic E-state index is 6.06. The standard InChI is InChI=1S/C13H15N5/c1-7-11(8(2)18(3)17-7)13-12-9(14)5-4-6-10(12)15-16-13/h4-6H,14H2,1-3H3,(H,15,16). The molecule has 5 nitrogen and oxygen atoms in total. The molecule has 1 aromatic carbocycles. The van der Waals surface area contributed by atoms with E-state index in [-0.39, 0.29) is 0 Å². The van der Waals surface area contributed by atoms with Crippen LogP contribution in [0.3, 0.4) is 0 Å². The SMILES string of the molecule is Cc1nn(C)c(C)c1-c1n[nH]c2cccc(N)c12. The first-order chi connectivity index (χ1) is 8.59. The zero-order valence-corrected chi connectivity index (χ0v) is 10.7. The maximum absolute atomic E-state index is 6.06. The summed E-state index contributed by atoms with van der Waals surface area (Å²) in [7, 11) is 1.93. The lowest BCUT2D eigenvalue weighted by atomic mass is 10.1. The molecular weight excluding hydrogens is 226 g/mol. The molecule has 0 amide bonds. The second-order valence-corrected chi connectivity index (χ2v) is 4.51. The van der Waals surface area contributed by atoms with Gasteiger partial charge in [-0.3, -0.25) is 9.78 Å². The van der Waals surface area contributed by atoms with Gasteiger partial charge < -0.3 is 5.73 Å². The van der Waals surface area contributed by atoms with Gasteiger partial charge in [-0.2, -0.15) is 10.2 Å². The van der Waals surface area contributed by atoms with E-state index in [4.69, 9.17) is 5.73 Å². The zero-order chi connectivity index (χ0) is 12.9. The van der Waals surface area contributed by atoms with Crippen molar-refractivity contribution in [3.8, 4) is 11.3 Å². The predicted molar refractivity (Wildman–Crippen MR) is 72.2 cm³/mol. The first-order valence-corrected chi connectivity index (χ1v) is 5.82. The quantitative estimate of drug-likeness (QED) is 0.641. The highest BCUT2D eigenvalue weighted by Crippen LogP contribution is 2.33. The molecule has 0 aliphatic rings. The monoisotopic (exact) mass is 241 g/mol. The Morgan fingerprint density at radius 2 is 2.06 bits per heavy atom. The van der Waals surface area contributed by atoms with Gasteiger partial charge in [0, 0.05) is 24.0 Å². The molecule has 18 heavy (non-hydrogen) atoms. The summed E-state index contributed by atoms with van der Waals surface area (Å²) in [5, 5.41) is 12.8. The molecule has 3 N–H and O–H groups in total. The number of anilines is 1. The number of aromatic nitrogens is 4. The number of hydrogen-bond acceptors (Lipinski definition) is 3. The third-order valence-electron chi connectivity index (χ3n) is 3.37. The van der Waals surface area contributed by atoms with Crippen molar-refractivity contribution in [2.24, 2.45) is 7.05 Å². The van der Waals surface area contributed by atoms with Gasteiger partial charge in [0.2, 0.25) is 0 Å². The van der Waals surface area contributed by atoms with E-state index >= 15 is 0 Å². The molecule has 2 heterocycles. The third-order valence-corrected chi connectivity index (χ3v) is 3.37. The molecule has 0 bridgehead atoms. The summed E-state index contributed by atoms with van der Waals surface area (Å²) in [6, 6.07) is 5.79. The number of fused-ring (bicyclic) bond motifs is 1. The molecule has 3 rings (SSSR count). The summed E-state index contributed by atoms with van der Waals surface area (Å²) in [6.45, 7) is 4.02. The Labute approximate surface area is 105 Å². The van der Waals surface area contributed by atoms with Gasteiger partial charge in [-0.1, -0.05) is 6.07 Å². The molecular formula is C13H15N5. The number of rotatable bonds is 1. The first-order valence-electron chi connectivity index (χ1n) is 5.82. The molecule has 0 fully saturated rings. The number of nitrogens with one attached hydrogen (secondary N) is 1. The van der Waals surface area contributed by atoms with Crippen LogP contribution in [0.1, 0.15) is 11.4 Å². The van der Waals surface area contributed by atoms with Crippen LogP contribution in [0.25, 0.3) is 22.2 Å². The van der Waals surface area contributed by atoms with E-state index in [2.05, 4.69) is 15.3 Å². The van der Waals surface area contributed by atoms with E-state index in [1.165, 1.54) is 0 Å². The molecule has 0 unspecified atom stereocenters. The van der Waals surface area contributed by atoms with Gasteiger partial charge in [-0.15, -0.1) is 0 Å². The average Bonchev–Trinajstić information content (AvgIpc) is 2.83. The lowest BCUT2D eigenvalue weighted by Crippen LogP contribution is -1.93. The number of benzene rings is 1. The Bertz CT molecular complexity index is 735. The summed E-state index contributed by atoms with van der Waals surface area (Å²) >= 11 is 0. The van der Waals surface area contributed by atoms with Gasteiger partial charge in [0.25, 0.3) is 0 Å². The summed E-state index contributed by atoms with van der Waals surface area (Å²) in [5.41, 5.74) is 11.7. The first kappa shape index (κ1) is 10.8. The second-order valence-electron chi connectivity index (χ2n) is 4.51. The predicted octanol–water partition coefficient (Wildman–Crippen LogP) is 2.16. The third kappa shape index (κ3) is 1.33. The topological polar surface area (TPSA) is 72.5 Å². The van der Waals surface area contributed by atoms with Crippen LogP contribution >= 0.6 is 0 Å². The molecule has 0 aliphatic carbocycles. The van der Waals surface area contributed by atoms with Gasteiger partial charge in [0.15, 0.2) is 0 Å². The van der Waals surface area contributed by atoms with E-state index in [0.29, 0.717) is 0 Å². The minimum atomic E-state index is 0.735. The molecule has 92 valence electrons. The van der Waals surface area contributed by atoms with Crippen LogP contribution in [0.4, 0.5) is 5.69 Å². The Kier molecular flexibility index (Phi) is 2.16. The summed E-state index contributed by atoms with van der Waals surface area (Å²) in [6.07, 6.45) is 0. The lowest BCUT2D eigenvalue weighted by Gasteiger charge is -2.01. The number of aromatic amines is 1. The van der Waals surface area contributed by atoms with Crippen LogP contribution in [0.5, 0.6) is 0 Å². The van der Waals surface area contributed by atoms with Crippen molar-refractivity contribution in [3.05, 3.63) is 29.6 Å². The van der Waals surface area contributed by atoms with Crippen molar-refractivity contribution in [1.29, 1.82) is 0 Å². The van der Waals surface area contributed by atoms with Crippen LogP contribution in [0.15, 0.2) is 18.2 Å². The van der Waals surface area contributed by atoms with Crippen LogP contribution < -0.4 is 5.73 Å². The van der Waals surface area contributed by atoms with E-state index in [0.717, 1.165) is 39.2 Å². The van der Waals surface area contributed by atoms with Crippen molar-refractivity contribution in [3.63, 3.8) is 0 Å². The number of nitrogen functional groups attached to an aromatic ring is 1. The number of nitrogens with zero attached hydrogens (tertiary/aromatic N) is 3. The molecule has 0 aliphatic heterocycles. The second kappa shape index (κ2) is 3.60. The molecule has 0 saturated heterocycles. The molecule has 2 aromatic heterocycles. The van der Waals surface area contributed by atoms with E-state index in [1.54, 1.807) is 0 Å². The molecule has 0 spiro atoms. The largest absolute Gasteiger partial charge is 0.398 e. The molecule has 0 radical (unpaired) electrons.